The van der Waals surface area contributed by atoms with E-state index in [1.54, 1.807) is 0 Å². The molecule has 0 bridgehead atoms. The number of thiophene rings is 1. The zero-order valence-electron chi connectivity index (χ0n) is 42.3. The van der Waals surface area contributed by atoms with Crippen molar-refractivity contribution in [3.05, 3.63) is 124 Å². The molecule has 0 spiro atoms. The van der Waals surface area contributed by atoms with Gasteiger partial charge < -0.3 is 9.80 Å². The molecule has 4 heteroatoms. The minimum absolute atomic E-state index is 0.0486. The largest absolute Gasteiger partial charge is 0.311 e. The van der Waals surface area contributed by atoms with Gasteiger partial charge in [0.25, 0.3) is 6.71 Å². The Balaban J connectivity index is 1.36. The van der Waals surface area contributed by atoms with Gasteiger partial charge in [-0.25, -0.2) is 0 Å². The van der Waals surface area contributed by atoms with Gasteiger partial charge >= 0.3 is 0 Å². The minimum atomic E-state index is -0.0862. The topological polar surface area (TPSA) is 6.48 Å². The maximum Gasteiger partial charge on any atom is 0.264 e. The van der Waals surface area contributed by atoms with E-state index in [9.17, 15) is 0 Å². The first kappa shape index (κ1) is 43.6. The lowest BCUT2D eigenvalue weighted by Crippen LogP contribution is -2.61. The van der Waals surface area contributed by atoms with E-state index in [1.165, 1.54) is 125 Å². The van der Waals surface area contributed by atoms with Crippen LogP contribution in [0.2, 0.25) is 0 Å². The average Bonchev–Trinajstić information content (AvgIpc) is 3.58. The van der Waals surface area contributed by atoms with Crippen molar-refractivity contribution in [2.24, 2.45) is 0 Å². The van der Waals surface area contributed by atoms with E-state index >= 15 is 0 Å². The van der Waals surface area contributed by atoms with E-state index in [0.717, 1.165) is 0 Å². The molecule has 0 fully saturated rings. The molecule has 64 heavy (non-hydrogen) atoms. The molecule has 0 N–H and O–H groups in total. The number of anilines is 6. The number of hydrogen-bond donors (Lipinski definition) is 0. The van der Waals surface area contributed by atoms with Crippen LogP contribution in [0.4, 0.5) is 34.1 Å². The standard InChI is InChI=1S/C60H73BN2S/c1-54(2,3)36-18-21-39(22-19-36)63-49-31-38(56(7,8)9)30-48-51(49)61(53-52(63)41-24-20-37(55(4,5)6)32-50(41)64-53)46-34-44-45(60(16,17)29-28-59(44,14)15)35-47(46)62(48)40-23-25-42-43(33-40)58(12,13)27-26-57(42,10)11/h18-25,30-35H,26-29H2,1-17H3. The summed E-state index contributed by atoms with van der Waals surface area (Å²) in [6.45, 7) is 41.1. The Morgan fingerprint density at radius 3 is 1.50 bits per heavy atom. The van der Waals surface area contributed by atoms with Crippen molar-refractivity contribution in [2.75, 3.05) is 9.80 Å². The number of hydrogen-bond acceptors (Lipinski definition) is 3. The molecule has 10 rings (SSSR count). The molecule has 0 unspecified atom stereocenters. The molecule has 0 saturated carbocycles. The van der Waals surface area contributed by atoms with Crippen molar-refractivity contribution in [3.8, 4) is 0 Å². The molecule has 5 aromatic carbocycles. The summed E-state index contributed by atoms with van der Waals surface area (Å²) in [6, 6.07) is 35.1. The van der Waals surface area contributed by atoms with Crippen molar-refractivity contribution in [3.63, 3.8) is 0 Å². The average molecular weight is 865 g/mol. The van der Waals surface area contributed by atoms with Crippen LogP contribution < -0.4 is 25.5 Å². The Morgan fingerprint density at radius 1 is 0.453 bits per heavy atom. The second kappa shape index (κ2) is 13.7. The first-order chi connectivity index (χ1) is 29.6. The molecule has 0 amide bonds. The first-order valence-electron chi connectivity index (χ1n) is 24.4. The summed E-state index contributed by atoms with van der Waals surface area (Å²) in [5, 5.41) is 1.35. The fourth-order valence-electron chi connectivity index (χ4n) is 11.8. The van der Waals surface area contributed by atoms with Crippen molar-refractivity contribution in [1.29, 1.82) is 0 Å². The Morgan fingerprint density at radius 2 is 0.938 bits per heavy atom. The van der Waals surface area contributed by atoms with Crippen molar-refractivity contribution < 1.29 is 0 Å². The fraction of sp³-hybridized carbons (Fsp3) is 0.467. The third-order valence-electron chi connectivity index (χ3n) is 16.5. The van der Waals surface area contributed by atoms with Gasteiger partial charge in [-0.2, -0.15) is 0 Å². The third kappa shape index (κ3) is 6.60. The van der Waals surface area contributed by atoms with Crippen LogP contribution in [0.1, 0.15) is 182 Å². The molecular weight excluding hydrogens is 792 g/mol. The van der Waals surface area contributed by atoms with Crippen LogP contribution in [-0.4, -0.2) is 6.71 Å². The molecule has 2 aliphatic heterocycles. The van der Waals surface area contributed by atoms with Crippen molar-refractivity contribution in [1.82, 2.24) is 0 Å². The highest BCUT2D eigenvalue weighted by atomic mass is 32.1. The summed E-state index contributed by atoms with van der Waals surface area (Å²) in [5.41, 5.74) is 21.3. The molecule has 2 aliphatic carbocycles. The number of nitrogens with zero attached hydrogens (tertiary/aromatic N) is 2. The van der Waals surface area contributed by atoms with E-state index in [4.69, 9.17) is 0 Å². The Hall–Kier alpha value is -4.28. The Bertz CT molecular complexity index is 2900. The number of rotatable bonds is 2. The second-order valence-electron chi connectivity index (χ2n) is 26.1. The number of fused-ring (bicyclic) bond motifs is 8. The molecule has 4 aliphatic rings. The zero-order chi connectivity index (χ0) is 46.1. The SMILES string of the molecule is CC(C)(C)c1ccc(N2c3cc(C(C)(C)C)cc4c3B(c3cc5c(cc3N4c3ccc4c(c3)C(C)(C)CCC4(C)C)C(C)(C)CCC5(C)C)c3sc4cc(C(C)(C)C)ccc4c32)cc1. The maximum atomic E-state index is 2.73. The highest BCUT2D eigenvalue weighted by Crippen LogP contribution is 2.54. The number of benzene rings is 5. The smallest absolute Gasteiger partial charge is 0.264 e. The summed E-state index contributed by atoms with van der Waals surface area (Å²) in [5.74, 6) is 0. The molecule has 0 atom stereocenters. The fourth-order valence-corrected chi connectivity index (χ4v) is 13.2. The van der Waals surface area contributed by atoms with Gasteiger partial charge in [-0.05, 0) is 162 Å². The molecule has 2 nitrogen and oxygen atoms in total. The lowest BCUT2D eigenvalue weighted by Gasteiger charge is -2.48. The van der Waals surface area contributed by atoms with E-state index in [0.29, 0.717) is 0 Å². The molecule has 0 radical (unpaired) electrons. The Labute approximate surface area is 391 Å². The van der Waals surface area contributed by atoms with E-state index in [2.05, 4.69) is 212 Å². The van der Waals surface area contributed by atoms with Crippen LogP contribution in [0.3, 0.4) is 0 Å². The molecule has 0 saturated heterocycles. The summed E-state index contributed by atoms with van der Waals surface area (Å²) in [7, 11) is 0. The highest BCUT2D eigenvalue weighted by molar-refractivity contribution is 7.33. The van der Waals surface area contributed by atoms with Crippen LogP contribution in [0, 0.1) is 0 Å². The normalized spacial score (nSPS) is 19.2. The minimum Gasteiger partial charge on any atom is -0.311 e. The molecule has 3 heterocycles. The van der Waals surface area contributed by atoms with Gasteiger partial charge in [-0.3, -0.25) is 0 Å². The van der Waals surface area contributed by atoms with Crippen molar-refractivity contribution in [2.45, 2.75) is 181 Å². The quantitative estimate of drug-likeness (QED) is 0.160. The van der Waals surface area contributed by atoms with E-state index in [-0.39, 0.29) is 44.6 Å². The van der Waals surface area contributed by atoms with Crippen LogP contribution >= 0.6 is 11.3 Å². The van der Waals surface area contributed by atoms with Gasteiger partial charge in [0.1, 0.15) is 0 Å². The third-order valence-corrected chi connectivity index (χ3v) is 17.7. The van der Waals surface area contributed by atoms with Gasteiger partial charge in [0.05, 0.1) is 5.69 Å². The maximum absolute atomic E-state index is 2.73. The summed E-state index contributed by atoms with van der Waals surface area (Å²) >= 11 is 2.04. The van der Waals surface area contributed by atoms with Crippen LogP contribution in [0.25, 0.3) is 10.1 Å². The summed E-state index contributed by atoms with van der Waals surface area (Å²) in [4.78, 5) is 5.40. The lowest BCUT2D eigenvalue weighted by molar-refractivity contribution is 0.332. The van der Waals surface area contributed by atoms with E-state index < -0.39 is 0 Å². The van der Waals surface area contributed by atoms with Crippen LogP contribution in [0.5, 0.6) is 0 Å². The zero-order valence-corrected chi connectivity index (χ0v) is 43.1. The van der Waals surface area contributed by atoms with Gasteiger partial charge in [0.2, 0.25) is 0 Å². The molecular formula is C60H73BN2S. The van der Waals surface area contributed by atoms with Crippen LogP contribution in [0.15, 0.2) is 84.9 Å². The van der Waals surface area contributed by atoms with Gasteiger partial charge in [-0.1, -0.05) is 154 Å². The second-order valence-corrected chi connectivity index (χ2v) is 27.2. The lowest BCUT2D eigenvalue weighted by atomic mass is 9.35. The predicted octanol–water partition coefficient (Wildman–Crippen LogP) is 15.6. The van der Waals surface area contributed by atoms with Gasteiger partial charge in [0, 0.05) is 43.3 Å². The molecule has 6 aromatic rings. The van der Waals surface area contributed by atoms with Gasteiger partial charge in [0.15, 0.2) is 0 Å². The Kier molecular flexibility index (Phi) is 9.30. The van der Waals surface area contributed by atoms with Crippen molar-refractivity contribution >= 4 is 78.0 Å². The molecule has 1 aromatic heterocycles. The monoisotopic (exact) mass is 865 g/mol. The van der Waals surface area contributed by atoms with E-state index in [1.807, 2.05) is 11.3 Å². The van der Waals surface area contributed by atoms with Gasteiger partial charge in [-0.15, -0.1) is 11.3 Å². The summed E-state index contributed by atoms with van der Waals surface area (Å²) in [6.07, 6.45) is 4.77. The first-order valence-corrected chi connectivity index (χ1v) is 25.2. The van der Waals surface area contributed by atoms with Crippen LogP contribution in [-0.2, 0) is 37.9 Å². The molecule has 332 valence electrons. The summed E-state index contributed by atoms with van der Waals surface area (Å²) < 4.78 is 2.84. The predicted molar refractivity (Wildman–Crippen MR) is 283 cm³/mol. The highest BCUT2D eigenvalue weighted by Gasteiger charge is 2.49.